The molecule has 0 amide bonds. The molecule has 1 aromatic carbocycles. The van der Waals surface area contributed by atoms with Gasteiger partial charge in [-0.2, -0.15) is 0 Å². The van der Waals surface area contributed by atoms with Crippen molar-refractivity contribution in [3.05, 3.63) is 28.8 Å². The van der Waals surface area contributed by atoms with Crippen molar-refractivity contribution < 1.29 is 19.0 Å². The van der Waals surface area contributed by atoms with Crippen LogP contribution >= 0.6 is 11.3 Å². The highest BCUT2D eigenvalue weighted by molar-refractivity contribution is 7.18. The lowest BCUT2D eigenvalue weighted by Crippen LogP contribution is -2.58. The summed E-state index contributed by atoms with van der Waals surface area (Å²) in [6.07, 6.45) is 10.1. The number of fused-ring (bicyclic) bond motifs is 6. The van der Waals surface area contributed by atoms with Gasteiger partial charge < -0.3 is 10.2 Å². The zero-order valence-corrected chi connectivity index (χ0v) is 22.7. The number of hydrogen-bond acceptors (Lipinski definition) is 4. The average Bonchev–Trinajstić information content (AvgIpc) is 3.39. The van der Waals surface area contributed by atoms with Gasteiger partial charge in [-0.05, 0) is 117 Å². The standard InChI is InChI=1S/C30H41F2NO2S/c1-16(4-7-27-33-24-14-22(31)23(32)15-26(24)36-27)19-5-6-20-28-21(9-11-30(19,20)3)29(2)10-8-18(34)12-17(29)13-25(28)35/h14-21,25,28,34-35H,4-13H2,1-3H3/t16?,17-,18+,19+,20-,21-,25-,28-,29-,30+/m0/s1. The van der Waals surface area contributed by atoms with E-state index in [1.165, 1.54) is 49.2 Å². The third-order valence-electron chi connectivity index (χ3n) is 11.7. The zero-order chi connectivity index (χ0) is 25.4. The Balaban J connectivity index is 1.17. The van der Waals surface area contributed by atoms with Gasteiger partial charge in [0.25, 0.3) is 0 Å². The van der Waals surface area contributed by atoms with Gasteiger partial charge in [0, 0.05) is 6.07 Å². The van der Waals surface area contributed by atoms with E-state index >= 15 is 0 Å². The minimum Gasteiger partial charge on any atom is -0.393 e. The maximum atomic E-state index is 13.6. The van der Waals surface area contributed by atoms with Crippen LogP contribution < -0.4 is 0 Å². The zero-order valence-electron chi connectivity index (χ0n) is 21.9. The summed E-state index contributed by atoms with van der Waals surface area (Å²) in [7, 11) is 0. The Kier molecular flexibility index (Phi) is 6.28. The number of halogens is 2. The number of thiazole rings is 1. The van der Waals surface area contributed by atoms with Crippen LogP contribution in [0, 0.1) is 58.0 Å². The van der Waals surface area contributed by atoms with Crippen molar-refractivity contribution in [3.63, 3.8) is 0 Å². The van der Waals surface area contributed by atoms with Crippen LogP contribution in [0.1, 0.15) is 83.6 Å². The van der Waals surface area contributed by atoms with Crippen molar-refractivity contribution >= 4 is 21.6 Å². The molecule has 4 fully saturated rings. The molecule has 10 atom stereocenters. The summed E-state index contributed by atoms with van der Waals surface area (Å²) < 4.78 is 28.0. The normalized spacial score (nSPS) is 43.1. The molecule has 2 aromatic rings. The number of rotatable bonds is 4. The van der Waals surface area contributed by atoms with Gasteiger partial charge in [-0.15, -0.1) is 11.3 Å². The van der Waals surface area contributed by atoms with Gasteiger partial charge in [0.05, 0.1) is 27.4 Å². The first-order valence-corrected chi connectivity index (χ1v) is 15.0. The molecule has 6 rings (SSSR count). The molecule has 0 saturated heterocycles. The van der Waals surface area contributed by atoms with E-state index in [9.17, 15) is 19.0 Å². The van der Waals surface area contributed by atoms with Crippen LogP contribution in [-0.4, -0.2) is 27.4 Å². The molecule has 0 spiro atoms. The summed E-state index contributed by atoms with van der Waals surface area (Å²) in [6, 6.07) is 2.48. The fraction of sp³-hybridized carbons (Fsp3) is 0.767. The second-order valence-corrected chi connectivity index (χ2v) is 14.4. The Labute approximate surface area is 217 Å². The summed E-state index contributed by atoms with van der Waals surface area (Å²) in [5.41, 5.74) is 1.08. The van der Waals surface area contributed by atoms with Crippen LogP contribution in [0.2, 0.25) is 0 Å². The molecule has 1 heterocycles. The van der Waals surface area contributed by atoms with E-state index in [2.05, 4.69) is 25.8 Å². The predicted octanol–water partition coefficient (Wildman–Crippen LogP) is 7.13. The van der Waals surface area contributed by atoms with Crippen LogP contribution in [0.5, 0.6) is 0 Å². The summed E-state index contributed by atoms with van der Waals surface area (Å²) >= 11 is 1.48. The highest BCUT2D eigenvalue weighted by Crippen LogP contribution is 2.68. The average molecular weight is 518 g/mol. The van der Waals surface area contributed by atoms with E-state index in [1.807, 2.05) is 0 Å². The topological polar surface area (TPSA) is 53.4 Å². The lowest BCUT2D eigenvalue weighted by molar-refractivity contribution is -0.174. The molecule has 4 saturated carbocycles. The van der Waals surface area contributed by atoms with E-state index in [4.69, 9.17) is 0 Å². The Morgan fingerprint density at radius 1 is 1.00 bits per heavy atom. The van der Waals surface area contributed by atoms with Crippen LogP contribution in [0.4, 0.5) is 8.78 Å². The lowest BCUT2D eigenvalue weighted by Gasteiger charge is -2.62. The first kappa shape index (κ1) is 25.2. The quantitative estimate of drug-likeness (QED) is 0.453. The molecule has 4 aliphatic carbocycles. The minimum absolute atomic E-state index is 0.189. The molecular weight excluding hydrogens is 476 g/mol. The van der Waals surface area contributed by atoms with Gasteiger partial charge in [0.2, 0.25) is 0 Å². The van der Waals surface area contributed by atoms with Crippen molar-refractivity contribution in [2.45, 2.75) is 97.2 Å². The fourth-order valence-corrected chi connectivity index (χ4v) is 10.8. The molecule has 3 nitrogen and oxygen atoms in total. The van der Waals surface area contributed by atoms with E-state index in [0.717, 1.165) is 48.2 Å². The van der Waals surface area contributed by atoms with E-state index in [-0.39, 0.29) is 23.0 Å². The van der Waals surface area contributed by atoms with Crippen molar-refractivity contribution in [1.29, 1.82) is 0 Å². The molecule has 0 bridgehead atoms. The maximum Gasteiger partial charge on any atom is 0.161 e. The number of aromatic nitrogens is 1. The van der Waals surface area contributed by atoms with Gasteiger partial charge in [-0.25, -0.2) is 13.8 Å². The van der Waals surface area contributed by atoms with Crippen LogP contribution in [0.15, 0.2) is 12.1 Å². The molecule has 6 heteroatoms. The number of hydrogen-bond donors (Lipinski definition) is 2. The molecule has 36 heavy (non-hydrogen) atoms. The van der Waals surface area contributed by atoms with Crippen molar-refractivity contribution in [3.8, 4) is 0 Å². The summed E-state index contributed by atoms with van der Waals surface area (Å²) in [5.74, 6) is 1.56. The number of nitrogens with zero attached hydrogens (tertiary/aromatic N) is 1. The van der Waals surface area contributed by atoms with Crippen LogP contribution in [0.25, 0.3) is 10.2 Å². The Morgan fingerprint density at radius 2 is 1.72 bits per heavy atom. The maximum absolute atomic E-state index is 13.6. The number of benzene rings is 1. The highest BCUT2D eigenvalue weighted by Gasteiger charge is 2.62. The number of aliphatic hydroxyl groups excluding tert-OH is 2. The van der Waals surface area contributed by atoms with Crippen molar-refractivity contribution in [2.75, 3.05) is 0 Å². The Bertz CT molecular complexity index is 1100. The SMILES string of the molecule is CC(CCc1nc2cc(F)c(F)cc2s1)[C@H]1CC[C@H]2[C@@H]3[C@@H](O)C[C@@H]4C[C@H](O)CC[C@]4(C)[C@H]3CC[C@]12C. The van der Waals surface area contributed by atoms with Crippen LogP contribution in [-0.2, 0) is 6.42 Å². The van der Waals surface area contributed by atoms with Gasteiger partial charge in [-0.3, -0.25) is 0 Å². The lowest BCUT2D eigenvalue weighted by atomic mass is 9.43. The molecule has 4 aliphatic rings. The van der Waals surface area contributed by atoms with Gasteiger partial charge in [-0.1, -0.05) is 20.8 Å². The third kappa shape index (κ3) is 3.88. The molecule has 0 aliphatic heterocycles. The van der Waals surface area contributed by atoms with Crippen molar-refractivity contribution in [2.24, 2.45) is 46.3 Å². The highest BCUT2D eigenvalue weighted by atomic mass is 32.1. The summed E-state index contributed by atoms with van der Waals surface area (Å²) in [4.78, 5) is 4.59. The van der Waals surface area contributed by atoms with Gasteiger partial charge in [0.1, 0.15) is 0 Å². The largest absolute Gasteiger partial charge is 0.393 e. The molecule has 198 valence electrons. The molecular formula is C30H41F2NO2S. The van der Waals surface area contributed by atoms with E-state index in [0.29, 0.717) is 41.0 Å². The number of aryl methyl sites for hydroxylation is 1. The third-order valence-corrected chi connectivity index (χ3v) is 12.8. The predicted molar refractivity (Wildman–Crippen MR) is 140 cm³/mol. The van der Waals surface area contributed by atoms with Gasteiger partial charge in [0.15, 0.2) is 11.6 Å². The Morgan fingerprint density at radius 3 is 2.53 bits per heavy atom. The second kappa shape index (κ2) is 8.98. The first-order chi connectivity index (χ1) is 17.1. The molecule has 1 aromatic heterocycles. The second-order valence-electron chi connectivity index (χ2n) is 13.3. The van der Waals surface area contributed by atoms with E-state index < -0.39 is 11.6 Å². The smallest absolute Gasteiger partial charge is 0.161 e. The van der Waals surface area contributed by atoms with E-state index in [1.54, 1.807) is 0 Å². The van der Waals surface area contributed by atoms with Crippen LogP contribution in [0.3, 0.4) is 0 Å². The summed E-state index contributed by atoms with van der Waals surface area (Å²) in [6.45, 7) is 7.37. The van der Waals surface area contributed by atoms with Crippen molar-refractivity contribution in [1.82, 2.24) is 4.98 Å². The number of aliphatic hydroxyl groups is 2. The fourth-order valence-electron chi connectivity index (χ4n) is 9.81. The monoisotopic (exact) mass is 517 g/mol. The minimum atomic E-state index is -0.831. The summed E-state index contributed by atoms with van der Waals surface area (Å²) in [5, 5.41) is 22.7. The molecule has 2 N–H and O–H groups in total. The molecule has 1 unspecified atom stereocenters. The Hall–Kier alpha value is -1.11. The van der Waals surface area contributed by atoms with Gasteiger partial charge >= 0.3 is 0 Å². The molecule has 0 radical (unpaired) electrons. The first-order valence-electron chi connectivity index (χ1n) is 14.2.